The first-order chi connectivity index (χ1) is 12.8. The van der Waals surface area contributed by atoms with Gasteiger partial charge in [-0.25, -0.2) is 14.4 Å². The third-order valence-corrected chi connectivity index (χ3v) is 4.20. The van der Waals surface area contributed by atoms with Crippen LogP contribution in [0.4, 0.5) is 10.3 Å². The summed E-state index contributed by atoms with van der Waals surface area (Å²) in [6.07, 6.45) is 3.14. The van der Waals surface area contributed by atoms with Crippen LogP contribution in [0.25, 0.3) is 0 Å². The van der Waals surface area contributed by atoms with Gasteiger partial charge in [-0.05, 0) is 24.7 Å². The molecule has 1 aromatic rings. The Kier molecular flexibility index (Phi) is 7.49. The highest BCUT2D eigenvalue weighted by Gasteiger charge is 2.31. The number of anilines is 1. The smallest absolute Gasteiger partial charge is 0.477 e. The van der Waals surface area contributed by atoms with Crippen LogP contribution in [0, 0.1) is 11.7 Å². The second kappa shape index (κ2) is 9.61. The van der Waals surface area contributed by atoms with E-state index in [1.165, 1.54) is 7.11 Å². The molecule has 0 bridgehead atoms. The number of amides is 1. The van der Waals surface area contributed by atoms with E-state index in [0.717, 1.165) is 12.4 Å². The molecule has 11 heteroatoms. The maximum absolute atomic E-state index is 12.9. The summed E-state index contributed by atoms with van der Waals surface area (Å²) < 4.78 is 17.8. The summed E-state index contributed by atoms with van der Waals surface area (Å²) in [7, 11) is 0.214. The van der Waals surface area contributed by atoms with Crippen molar-refractivity contribution in [3.63, 3.8) is 0 Å². The van der Waals surface area contributed by atoms with Gasteiger partial charge in [0, 0.05) is 13.7 Å². The fourth-order valence-corrected chi connectivity index (χ4v) is 2.76. The molecule has 0 radical (unpaired) electrons. The fraction of sp³-hybridized carbons (Fsp3) is 0.625. The Morgan fingerprint density at radius 1 is 1.56 bits per heavy atom. The molecule has 2 atom stereocenters. The lowest BCUT2D eigenvalue weighted by Gasteiger charge is -2.43. The van der Waals surface area contributed by atoms with Gasteiger partial charge in [-0.2, -0.15) is 0 Å². The minimum absolute atomic E-state index is 0.234. The Bertz CT molecular complexity index is 661. The van der Waals surface area contributed by atoms with E-state index in [1.807, 2.05) is 13.8 Å². The number of hydrogen-bond acceptors (Lipinski definition) is 8. The number of carbonyl (C=O) groups excluding carboxylic acids is 1. The van der Waals surface area contributed by atoms with Gasteiger partial charge >= 0.3 is 7.12 Å². The maximum Gasteiger partial charge on any atom is 0.477 e. The van der Waals surface area contributed by atoms with E-state index >= 15 is 0 Å². The van der Waals surface area contributed by atoms with Crippen molar-refractivity contribution in [3.05, 3.63) is 18.2 Å². The number of nitrogens with zero attached hydrogens (tertiary/aromatic N) is 4. The van der Waals surface area contributed by atoms with Crippen molar-refractivity contribution in [1.29, 1.82) is 0 Å². The number of aliphatic imine (C=N–C) groups is 1. The van der Waals surface area contributed by atoms with Crippen molar-refractivity contribution in [2.24, 2.45) is 10.9 Å². The Balaban J connectivity index is 1.91. The SMILES string of the molecule is COB(O)C(CC(C)C)NC(=O)CN=C([O-])C1CCN1c1ncc(F)cn1. The largest absolute Gasteiger partial charge is 0.861 e. The predicted molar refractivity (Wildman–Crippen MR) is 96.4 cm³/mol. The second-order valence-electron chi connectivity index (χ2n) is 6.78. The molecule has 0 aromatic carbocycles. The third-order valence-electron chi connectivity index (χ3n) is 4.20. The van der Waals surface area contributed by atoms with Crippen LogP contribution in [0.3, 0.4) is 0 Å². The molecule has 148 valence electrons. The number of aromatic nitrogens is 2. The van der Waals surface area contributed by atoms with Gasteiger partial charge in [-0.3, -0.25) is 9.79 Å². The van der Waals surface area contributed by atoms with Gasteiger partial charge in [0.1, 0.15) is 6.54 Å². The molecule has 1 amide bonds. The number of halogens is 1. The van der Waals surface area contributed by atoms with Crippen LogP contribution in [0.5, 0.6) is 0 Å². The monoisotopic (exact) mass is 380 g/mol. The number of rotatable bonds is 9. The van der Waals surface area contributed by atoms with Crippen LogP contribution in [0.1, 0.15) is 26.7 Å². The van der Waals surface area contributed by atoms with Crippen LogP contribution in [-0.4, -0.2) is 66.1 Å². The van der Waals surface area contributed by atoms with E-state index in [2.05, 4.69) is 20.3 Å². The highest BCUT2D eigenvalue weighted by Crippen LogP contribution is 2.22. The fourth-order valence-electron chi connectivity index (χ4n) is 2.76. The quantitative estimate of drug-likeness (QED) is 0.325. The molecular weight excluding hydrogens is 356 g/mol. The molecule has 27 heavy (non-hydrogen) atoms. The molecule has 0 spiro atoms. The molecule has 1 saturated heterocycles. The third kappa shape index (κ3) is 5.86. The van der Waals surface area contributed by atoms with Gasteiger partial charge in [-0.15, -0.1) is 0 Å². The molecule has 1 aliphatic rings. The zero-order chi connectivity index (χ0) is 20.0. The lowest BCUT2D eigenvalue weighted by atomic mass is 9.74. The van der Waals surface area contributed by atoms with Gasteiger partial charge in [-0.1, -0.05) is 13.8 Å². The molecule has 0 saturated carbocycles. The summed E-state index contributed by atoms with van der Waals surface area (Å²) >= 11 is 0. The second-order valence-corrected chi connectivity index (χ2v) is 6.78. The first-order valence-corrected chi connectivity index (χ1v) is 8.77. The van der Waals surface area contributed by atoms with Gasteiger partial charge in [0.05, 0.1) is 24.4 Å². The summed E-state index contributed by atoms with van der Waals surface area (Å²) in [6.45, 7) is 4.12. The van der Waals surface area contributed by atoms with Crippen LogP contribution >= 0.6 is 0 Å². The summed E-state index contributed by atoms with van der Waals surface area (Å²) in [5.41, 5.74) is 0. The van der Waals surface area contributed by atoms with E-state index in [9.17, 15) is 19.3 Å². The number of nitrogens with one attached hydrogen (secondary N) is 1. The van der Waals surface area contributed by atoms with Crippen molar-refractivity contribution in [2.75, 3.05) is 25.1 Å². The molecular formula is C16H24BFN5O4-. The van der Waals surface area contributed by atoms with E-state index in [4.69, 9.17) is 4.65 Å². The minimum Gasteiger partial charge on any atom is -0.861 e. The lowest BCUT2D eigenvalue weighted by Crippen LogP contribution is -2.57. The lowest BCUT2D eigenvalue weighted by molar-refractivity contribution is -0.222. The van der Waals surface area contributed by atoms with Crippen molar-refractivity contribution in [2.45, 2.75) is 38.7 Å². The van der Waals surface area contributed by atoms with E-state index in [1.54, 1.807) is 4.90 Å². The zero-order valence-electron chi connectivity index (χ0n) is 15.6. The highest BCUT2D eigenvalue weighted by atomic mass is 19.1. The average molecular weight is 380 g/mol. The molecule has 9 nitrogen and oxygen atoms in total. The summed E-state index contributed by atoms with van der Waals surface area (Å²) in [4.78, 5) is 25.2. The molecule has 2 unspecified atom stereocenters. The van der Waals surface area contributed by atoms with Crippen molar-refractivity contribution in [3.8, 4) is 0 Å². The van der Waals surface area contributed by atoms with Crippen LogP contribution in [0.15, 0.2) is 17.4 Å². The molecule has 2 N–H and O–H groups in total. The Labute approximate surface area is 157 Å². The molecule has 1 aromatic heterocycles. The highest BCUT2D eigenvalue weighted by molar-refractivity contribution is 6.45. The Hall–Kier alpha value is -2.27. The number of hydrogen-bond donors (Lipinski definition) is 2. The zero-order valence-corrected chi connectivity index (χ0v) is 15.6. The van der Waals surface area contributed by atoms with Crippen LogP contribution in [0.2, 0.25) is 0 Å². The van der Waals surface area contributed by atoms with Crippen molar-refractivity contribution < 1.29 is 24.0 Å². The van der Waals surface area contributed by atoms with Gasteiger partial charge < -0.3 is 25.0 Å². The van der Waals surface area contributed by atoms with Crippen molar-refractivity contribution >= 4 is 24.9 Å². The van der Waals surface area contributed by atoms with E-state index in [-0.39, 0.29) is 18.4 Å². The molecule has 1 fully saturated rings. The van der Waals surface area contributed by atoms with E-state index < -0.39 is 36.7 Å². The van der Waals surface area contributed by atoms with Gasteiger partial charge in [0.2, 0.25) is 11.9 Å². The average Bonchev–Trinajstić information content (AvgIpc) is 2.59. The predicted octanol–water partition coefficient (Wildman–Crippen LogP) is -0.850. The standard InChI is InChI=1S/C16H25BFN5O4/c1-10(2)6-13(17(26)27-3)22-14(24)9-19-15(25)12-4-5-23(12)16-20-7-11(18)8-21-16/h7-8,10,12-13,26H,4-6,9H2,1-3H3,(H,19,25)(H,22,24)/p-1. The van der Waals surface area contributed by atoms with Crippen LogP contribution < -0.4 is 15.3 Å². The molecule has 2 heterocycles. The molecule has 1 aliphatic heterocycles. The van der Waals surface area contributed by atoms with Gasteiger partial charge in [0.25, 0.3) is 0 Å². The maximum atomic E-state index is 12.9. The summed E-state index contributed by atoms with van der Waals surface area (Å²) in [5, 5.41) is 24.7. The van der Waals surface area contributed by atoms with Crippen LogP contribution in [-0.2, 0) is 9.45 Å². The Morgan fingerprint density at radius 2 is 2.22 bits per heavy atom. The molecule has 2 rings (SSSR count). The Morgan fingerprint density at radius 3 is 2.74 bits per heavy atom. The van der Waals surface area contributed by atoms with Gasteiger partial charge in [0.15, 0.2) is 5.82 Å². The minimum atomic E-state index is -1.13. The summed E-state index contributed by atoms with van der Waals surface area (Å²) in [6, 6.07) is -0.556. The normalized spacial score (nSPS) is 18.2. The van der Waals surface area contributed by atoms with E-state index in [0.29, 0.717) is 19.4 Å². The topological polar surface area (TPSA) is 123 Å². The van der Waals surface area contributed by atoms with Crippen molar-refractivity contribution in [1.82, 2.24) is 15.3 Å². The summed E-state index contributed by atoms with van der Waals surface area (Å²) in [5.74, 6) is -1.59. The first kappa shape index (κ1) is 21.0. The number of carbonyl (C=O) groups is 1. The molecule has 0 aliphatic carbocycles. The first-order valence-electron chi connectivity index (χ1n) is 8.77.